The summed E-state index contributed by atoms with van der Waals surface area (Å²) in [6.07, 6.45) is 2.19. The second-order valence-corrected chi connectivity index (χ2v) is 12.5. The maximum atomic E-state index is 15.8. The van der Waals surface area contributed by atoms with Crippen LogP contribution >= 0.6 is 11.6 Å². The Bertz CT molecular complexity index is 1320. The first-order chi connectivity index (χ1) is 17.2. The van der Waals surface area contributed by atoms with Gasteiger partial charge >= 0.3 is 5.97 Å². The lowest BCUT2D eigenvalue weighted by Gasteiger charge is -2.59. The van der Waals surface area contributed by atoms with Crippen LogP contribution in [0.1, 0.15) is 39.2 Å². The van der Waals surface area contributed by atoms with Crippen LogP contribution in [0.5, 0.6) is 0 Å². The Morgan fingerprint density at radius 2 is 1.86 bits per heavy atom. The van der Waals surface area contributed by atoms with Crippen molar-refractivity contribution in [3.63, 3.8) is 0 Å². The molecule has 0 aromatic heterocycles. The predicted octanol–water partition coefficient (Wildman–Crippen LogP) is 4.08. The number of carbonyl (C=O) groups is 2. The van der Waals surface area contributed by atoms with E-state index in [1.165, 1.54) is 39.0 Å². The summed E-state index contributed by atoms with van der Waals surface area (Å²) < 4.78 is 62.2. The fourth-order valence-electron chi connectivity index (χ4n) is 5.48. The zero-order valence-corrected chi connectivity index (χ0v) is 22.5. The van der Waals surface area contributed by atoms with Crippen LogP contribution in [-0.2, 0) is 30.8 Å². The third-order valence-corrected chi connectivity index (χ3v) is 7.92. The average molecular weight is 555 g/mol. The molecule has 1 N–H and O–H groups in total. The number of esters is 1. The molecule has 3 aliphatic rings. The number of fused-ring (bicyclic) bond motifs is 2. The number of hydrogen-bond acceptors (Lipinski definition) is 5. The molecule has 0 spiro atoms. The molecule has 0 unspecified atom stereocenters. The predicted molar refractivity (Wildman–Crippen MR) is 135 cm³/mol. The summed E-state index contributed by atoms with van der Waals surface area (Å²) in [6.45, 7) is 4.16. The van der Waals surface area contributed by atoms with E-state index in [0.717, 1.165) is 12.3 Å². The minimum absolute atomic E-state index is 0.00913. The molecule has 2 saturated heterocycles. The van der Waals surface area contributed by atoms with Crippen molar-refractivity contribution >= 4 is 33.5 Å². The zero-order chi connectivity index (χ0) is 27.3. The SMILES string of the molecule is CC(=O)OC(C)(C)C(=O)N1C2CC(C2)[C@H](NS(C)(=O)=O)[C@@H]1Cc1cccc(-c2cc(F)cc(Cl)c2)c1F. The maximum absolute atomic E-state index is 15.8. The van der Waals surface area contributed by atoms with Gasteiger partial charge in [0.2, 0.25) is 10.0 Å². The van der Waals surface area contributed by atoms with E-state index < -0.39 is 51.2 Å². The van der Waals surface area contributed by atoms with Gasteiger partial charge in [0.25, 0.3) is 5.91 Å². The first kappa shape index (κ1) is 27.5. The van der Waals surface area contributed by atoms with Gasteiger partial charge in [-0.25, -0.2) is 21.9 Å². The molecule has 0 radical (unpaired) electrons. The van der Waals surface area contributed by atoms with Crippen molar-refractivity contribution < 1.29 is 31.5 Å². The number of sulfonamides is 1. The highest BCUT2D eigenvalue weighted by atomic mass is 35.5. The molecule has 2 aromatic carbocycles. The molecule has 3 fully saturated rings. The van der Waals surface area contributed by atoms with E-state index in [0.29, 0.717) is 12.8 Å². The quantitative estimate of drug-likeness (QED) is 0.521. The Kier molecular flexibility index (Phi) is 7.40. The van der Waals surface area contributed by atoms with Crippen molar-refractivity contribution in [2.24, 2.45) is 5.92 Å². The second-order valence-electron chi connectivity index (χ2n) is 10.3. The molecule has 37 heavy (non-hydrogen) atoms. The Labute approximate surface area is 220 Å². The van der Waals surface area contributed by atoms with Crippen molar-refractivity contribution in [2.75, 3.05) is 6.26 Å². The molecular weight excluding hydrogens is 526 g/mol. The molecule has 2 aliphatic heterocycles. The highest BCUT2D eigenvalue weighted by molar-refractivity contribution is 7.88. The summed E-state index contributed by atoms with van der Waals surface area (Å²) in [4.78, 5) is 26.9. The second kappa shape index (κ2) is 9.96. The van der Waals surface area contributed by atoms with E-state index in [4.69, 9.17) is 16.3 Å². The van der Waals surface area contributed by atoms with E-state index in [9.17, 15) is 22.4 Å². The van der Waals surface area contributed by atoms with Gasteiger partial charge in [0.05, 0.1) is 12.3 Å². The van der Waals surface area contributed by atoms with Crippen molar-refractivity contribution in [1.82, 2.24) is 9.62 Å². The number of amides is 1. The van der Waals surface area contributed by atoms with Crippen molar-refractivity contribution in [2.45, 2.75) is 63.8 Å². The van der Waals surface area contributed by atoms with E-state index in [1.54, 1.807) is 17.0 Å². The van der Waals surface area contributed by atoms with Gasteiger partial charge in [-0.3, -0.25) is 9.59 Å². The van der Waals surface area contributed by atoms with Crippen LogP contribution in [0.3, 0.4) is 0 Å². The number of benzene rings is 2. The minimum atomic E-state index is -3.66. The fraction of sp³-hybridized carbons (Fsp3) is 0.462. The number of carbonyl (C=O) groups excluding carboxylic acids is 2. The van der Waals surface area contributed by atoms with Crippen LogP contribution in [0.4, 0.5) is 8.78 Å². The number of hydrogen-bond donors (Lipinski definition) is 1. The van der Waals surface area contributed by atoms with Gasteiger partial charge in [0, 0.05) is 29.6 Å². The Balaban J connectivity index is 1.75. The molecule has 5 rings (SSSR count). The van der Waals surface area contributed by atoms with Crippen LogP contribution < -0.4 is 4.72 Å². The Morgan fingerprint density at radius 1 is 1.19 bits per heavy atom. The summed E-state index contributed by atoms with van der Waals surface area (Å²) in [5.41, 5.74) is -0.885. The first-order valence-corrected chi connectivity index (χ1v) is 14.2. The standard InChI is InChI=1S/C26H29ClF2N2O5S/c1-14(32)36-26(2,3)25(33)31-20-10-17(11-20)24(30-37(4,34)35)22(31)12-15-6-5-7-21(23(15)29)16-8-18(27)13-19(28)9-16/h5-9,13,17,20,22,24,30H,10-12H2,1-4H3/t17?,20?,22-,24-/m0/s1. The topological polar surface area (TPSA) is 92.8 Å². The number of piperidine rings is 2. The van der Waals surface area contributed by atoms with Gasteiger partial charge in [0.15, 0.2) is 5.60 Å². The van der Waals surface area contributed by atoms with Crippen molar-refractivity contribution in [1.29, 1.82) is 0 Å². The van der Waals surface area contributed by atoms with E-state index in [1.807, 2.05) is 0 Å². The van der Waals surface area contributed by atoms with Gasteiger partial charge in [0.1, 0.15) is 11.6 Å². The molecule has 2 bridgehead atoms. The van der Waals surface area contributed by atoms with Crippen LogP contribution in [0, 0.1) is 17.6 Å². The Hall–Kier alpha value is -2.56. The summed E-state index contributed by atoms with van der Waals surface area (Å²) in [6, 6.07) is 6.82. The molecule has 2 heterocycles. The monoisotopic (exact) mass is 554 g/mol. The first-order valence-electron chi connectivity index (χ1n) is 11.9. The van der Waals surface area contributed by atoms with E-state index in [2.05, 4.69) is 4.72 Å². The summed E-state index contributed by atoms with van der Waals surface area (Å²) in [5, 5.41) is 0.120. The van der Waals surface area contributed by atoms with Gasteiger partial charge in [-0.1, -0.05) is 29.8 Å². The highest BCUT2D eigenvalue weighted by Gasteiger charge is 2.55. The van der Waals surface area contributed by atoms with Crippen molar-refractivity contribution in [3.05, 3.63) is 58.6 Å². The lowest BCUT2D eigenvalue weighted by molar-refractivity contribution is -0.179. The van der Waals surface area contributed by atoms with E-state index in [-0.39, 0.29) is 40.1 Å². The molecule has 200 valence electrons. The molecular formula is C26H29ClF2N2O5S. The minimum Gasteiger partial charge on any atom is -0.450 e. The molecule has 7 nitrogen and oxygen atoms in total. The van der Waals surface area contributed by atoms with Crippen molar-refractivity contribution in [3.8, 4) is 11.1 Å². The van der Waals surface area contributed by atoms with Crippen LogP contribution in [0.25, 0.3) is 11.1 Å². The van der Waals surface area contributed by atoms with Gasteiger partial charge < -0.3 is 9.64 Å². The Morgan fingerprint density at radius 3 is 2.46 bits per heavy atom. The smallest absolute Gasteiger partial charge is 0.303 e. The third kappa shape index (κ3) is 5.81. The average Bonchev–Trinajstić information content (AvgIpc) is 2.71. The maximum Gasteiger partial charge on any atom is 0.303 e. The van der Waals surface area contributed by atoms with Gasteiger partial charge in [-0.15, -0.1) is 0 Å². The number of rotatable bonds is 7. The lowest BCUT2D eigenvalue weighted by Crippen LogP contribution is -2.72. The largest absolute Gasteiger partial charge is 0.450 e. The van der Waals surface area contributed by atoms with Gasteiger partial charge in [-0.05, 0) is 68.4 Å². The number of halogens is 3. The zero-order valence-electron chi connectivity index (χ0n) is 20.9. The van der Waals surface area contributed by atoms with Crippen LogP contribution in [-0.4, -0.2) is 55.2 Å². The molecule has 11 heteroatoms. The summed E-state index contributed by atoms with van der Waals surface area (Å²) in [7, 11) is -3.66. The highest BCUT2D eigenvalue weighted by Crippen LogP contribution is 2.45. The summed E-state index contributed by atoms with van der Waals surface area (Å²) >= 11 is 5.97. The summed E-state index contributed by atoms with van der Waals surface area (Å²) in [5.74, 6) is -2.37. The molecule has 2 atom stereocenters. The third-order valence-electron chi connectivity index (χ3n) is 7.00. The normalized spacial score (nSPS) is 23.4. The molecule has 2 aromatic rings. The number of ether oxygens (including phenoxy) is 1. The lowest BCUT2D eigenvalue weighted by atomic mass is 9.66. The van der Waals surface area contributed by atoms with Crippen LogP contribution in [0.15, 0.2) is 36.4 Å². The van der Waals surface area contributed by atoms with Gasteiger partial charge in [-0.2, -0.15) is 0 Å². The molecule has 1 aliphatic carbocycles. The number of nitrogens with one attached hydrogen (secondary N) is 1. The number of nitrogens with zero attached hydrogens (tertiary/aromatic N) is 1. The van der Waals surface area contributed by atoms with E-state index >= 15 is 4.39 Å². The molecule has 1 amide bonds. The van der Waals surface area contributed by atoms with Crippen LogP contribution in [0.2, 0.25) is 5.02 Å². The molecule has 1 saturated carbocycles. The fourth-order valence-corrected chi connectivity index (χ4v) is 6.55.